The van der Waals surface area contributed by atoms with Crippen molar-refractivity contribution in [3.05, 3.63) is 24.3 Å². The van der Waals surface area contributed by atoms with E-state index >= 15 is 0 Å². The minimum Gasteiger partial charge on any atom is -0.325 e. The Bertz CT molecular complexity index is 578. The summed E-state index contributed by atoms with van der Waals surface area (Å²) in [5.41, 5.74) is 0.0178. The van der Waals surface area contributed by atoms with E-state index in [1.807, 2.05) is 0 Å². The number of carbonyl (C=O) groups excluding carboxylic acids is 1. The van der Waals surface area contributed by atoms with Crippen molar-refractivity contribution in [3.8, 4) is 0 Å². The minimum absolute atomic E-state index is 0.0178. The Balaban J connectivity index is 2.15. The van der Waals surface area contributed by atoms with Gasteiger partial charge in [0.25, 0.3) is 0 Å². The highest BCUT2D eigenvalue weighted by atomic mass is 32.3. The normalized spacial score (nSPS) is 17.4. The number of hydrogen-bond donors (Lipinski definition) is 1. The molecular formula is C14H18FNO3S. The van der Waals surface area contributed by atoms with Gasteiger partial charge in [-0.05, 0) is 25.0 Å². The van der Waals surface area contributed by atoms with Crippen LogP contribution in [0, 0.1) is 5.92 Å². The van der Waals surface area contributed by atoms with Crippen molar-refractivity contribution in [2.75, 3.05) is 5.32 Å². The Kier molecular flexibility index (Phi) is 4.75. The van der Waals surface area contributed by atoms with Crippen molar-refractivity contribution in [2.24, 2.45) is 5.92 Å². The van der Waals surface area contributed by atoms with Gasteiger partial charge in [0.15, 0.2) is 0 Å². The van der Waals surface area contributed by atoms with Crippen molar-refractivity contribution in [2.45, 2.75) is 43.4 Å². The minimum atomic E-state index is -4.83. The quantitative estimate of drug-likeness (QED) is 0.688. The van der Waals surface area contributed by atoms with Crippen LogP contribution < -0.4 is 5.32 Å². The highest BCUT2D eigenvalue weighted by Gasteiger charge is 2.23. The molecule has 20 heavy (non-hydrogen) atoms. The molecule has 0 aromatic heterocycles. The van der Waals surface area contributed by atoms with E-state index in [9.17, 15) is 17.1 Å². The molecule has 0 aliphatic heterocycles. The summed E-state index contributed by atoms with van der Waals surface area (Å²) in [5, 5.41) is 2.56. The highest BCUT2D eigenvalue weighted by Crippen LogP contribution is 2.27. The predicted octanol–water partition coefficient (Wildman–Crippen LogP) is 3.25. The summed E-state index contributed by atoms with van der Waals surface area (Å²) >= 11 is 0. The fourth-order valence-corrected chi connectivity index (χ4v) is 3.18. The molecule has 0 heterocycles. The average Bonchev–Trinajstić information content (AvgIpc) is 2.67. The fourth-order valence-electron chi connectivity index (χ4n) is 2.56. The lowest BCUT2D eigenvalue weighted by Crippen LogP contribution is -2.23. The van der Waals surface area contributed by atoms with Crippen LogP contribution in [0.5, 0.6) is 0 Å². The maximum absolute atomic E-state index is 13.2. The molecule has 0 bridgehead atoms. The van der Waals surface area contributed by atoms with Crippen molar-refractivity contribution < 1.29 is 17.1 Å². The van der Waals surface area contributed by atoms with Gasteiger partial charge in [-0.2, -0.15) is 8.42 Å². The summed E-state index contributed by atoms with van der Waals surface area (Å²) in [4.78, 5) is 11.7. The number of anilines is 1. The van der Waals surface area contributed by atoms with Crippen LogP contribution in [0.15, 0.2) is 29.2 Å². The van der Waals surface area contributed by atoms with E-state index in [0.717, 1.165) is 44.6 Å². The lowest BCUT2D eigenvalue weighted by atomic mass is 9.99. The molecule has 2 rings (SSSR count). The molecular weight excluding hydrogens is 281 g/mol. The number of para-hydroxylation sites is 1. The van der Waals surface area contributed by atoms with E-state index < -0.39 is 15.1 Å². The molecule has 1 N–H and O–H groups in total. The van der Waals surface area contributed by atoms with Gasteiger partial charge in [0.05, 0.1) is 5.69 Å². The zero-order valence-corrected chi connectivity index (χ0v) is 12.0. The first-order valence-corrected chi connectivity index (χ1v) is 8.21. The molecule has 0 unspecified atom stereocenters. The monoisotopic (exact) mass is 299 g/mol. The molecule has 1 amide bonds. The zero-order chi connectivity index (χ0) is 14.6. The van der Waals surface area contributed by atoms with E-state index in [1.165, 1.54) is 12.1 Å². The molecule has 1 fully saturated rings. The molecule has 1 aliphatic carbocycles. The van der Waals surface area contributed by atoms with Crippen LogP contribution in [0.3, 0.4) is 0 Å². The summed E-state index contributed by atoms with van der Waals surface area (Å²) in [7, 11) is -4.83. The van der Waals surface area contributed by atoms with E-state index in [4.69, 9.17) is 0 Å². The van der Waals surface area contributed by atoms with Gasteiger partial charge in [-0.15, -0.1) is 3.89 Å². The van der Waals surface area contributed by atoms with Crippen molar-refractivity contribution in [3.63, 3.8) is 0 Å². The highest BCUT2D eigenvalue weighted by molar-refractivity contribution is 7.86. The number of hydrogen-bond acceptors (Lipinski definition) is 3. The Hall–Kier alpha value is -1.43. The van der Waals surface area contributed by atoms with Crippen molar-refractivity contribution in [1.82, 2.24) is 0 Å². The first-order valence-electron chi connectivity index (χ1n) is 6.83. The largest absolute Gasteiger partial charge is 0.334 e. The van der Waals surface area contributed by atoms with E-state index in [-0.39, 0.29) is 17.5 Å². The number of carbonyl (C=O) groups is 1. The summed E-state index contributed by atoms with van der Waals surface area (Å²) in [6, 6.07) is 5.55. The summed E-state index contributed by atoms with van der Waals surface area (Å²) in [6.07, 6.45) is 5.85. The number of amides is 1. The summed E-state index contributed by atoms with van der Waals surface area (Å²) < 4.78 is 35.3. The fraction of sp³-hybridized carbons (Fsp3) is 0.500. The average molecular weight is 299 g/mol. The Morgan fingerprint density at radius 3 is 2.30 bits per heavy atom. The van der Waals surface area contributed by atoms with Gasteiger partial charge in [0.1, 0.15) is 4.90 Å². The lowest BCUT2D eigenvalue weighted by Gasteiger charge is -2.15. The van der Waals surface area contributed by atoms with E-state index in [2.05, 4.69) is 5.32 Å². The molecule has 0 spiro atoms. The number of halogens is 1. The zero-order valence-electron chi connectivity index (χ0n) is 11.1. The molecule has 1 saturated carbocycles. The maximum atomic E-state index is 13.2. The smallest absolute Gasteiger partial charge is 0.325 e. The van der Waals surface area contributed by atoms with Gasteiger partial charge < -0.3 is 5.32 Å². The molecule has 0 radical (unpaired) electrons. The van der Waals surface area contributed by atoms with Crippen LogP contribution in [-0.4, -0.2) is 14.3 Å². The standard InChI is InChI=1S/C14H18FNO3S/c15-20(18,19)13-10-6-5-9-12(13)16-14(17)11-7-3-1-2-4-8-11/h5-6,9-11H,1-4,7-8H2,(H,16,17). The molecule has 1 aromatic rings. The van der Waals surface area contributed by atoms with Gasteiger partial charge in [0, 0.05) is 5.92 Å². The van der Waals surface area contributed by atoms with Gasteiger partial charge in [-0.25, -0.2) is 0 Å². The second kappa shape index (κ2) is 6.35. The van der Waals surface area contributed by atoms with Crippen molar-refractivity contribution in [1.29, 1.82) is 0 Å². The Labute approximate surface area is 118 Å². The van der Waals surface area contributed by atoms with Gasteiger partial charge in [0.2, 0.25) is 5.91 Å². The topological polar surface area (TPSA) is 63.2 Å². The first kappa shape index (κ1) is 15.0. The lowest BCUT2D eigenvalue weighted by molar-refractivity contribution is -0.120. The van der Waals surface area contributed by atoms with Crippen LogP contribution in [-0.2, 0) is 15.0 Å². The predicted molar refractivity (Wildman–Crippen MR) is 74.6 cm³/mol. The third-order valence-corrected chi connectivity index (χ3v) is 4.51. The molecule has 0 atom stereocenters. The molecule has 1 aromatic carbocycles. The third kappa shape index (κ3) is 3.79. The molecule has 1 aliphatic rings. The maximum Gasteiger partial charge on any atom is 0.334 e. The number of benzene rings is 1. The Morgan fingerprint density at radius 1 is 1.10 bits per heavy atom. The summed E-state index contributed by atoms with van der Waals surface area (Å²) in [5.74, 6) is -0.337. The van der Waals surface area contributed by atoms with Gasteiger partial charge in [-0.3, -0.25) is 4.79 Å². The van der Waals surface area contributed by atoms with Crippen LogP contribution in [0.1, 0.15) is 38.5 Å². The van der Waals surface area contributed by atoms with Gasteiger partial charge in [-0.1, -0.05) is 37.8 Å². The number of nitrogens with one attached hydrogen (secondary N) is 1. The molecule has 110 valence electrons. The molecule has 4 nitrogen and oxygen atoms in total. The SMILES string of the molecule is O=C(Nc1ccccc1S(=O)(=O)F)C1CCCCCC1. The van der Waals surface area contributed by atoms with Crippen LogP contribution >= 0.6 is 0 Å². The first-order chi connectivity index (χ1) is 9.48. The number of rotatable bonds is 3. The van der Waals surface area contributed by atoms with Crippen molar-refractivity contribution >= 4 is 21.8 Å². The second-order valence-corrected chi connectivity index (χ2v) is 6.43. The molecule has 6 heteroatoms. The second-order valence-electron chi connectivity index (χ2n) is 5.11. The van der Waals surface area contributed by atoms with Gasteiger partial charge >= 0.3 is 10.2 Å². The molecule has 0 saturated heterocycles. The van der Waals surface area contributed by atoms with Crippen LogP contribution in [0.2, 0.25) is 0 Å². The van der Waals surface area contributed by atoms with Crippen LogP contribution in [0.4, 0.5) is 9.57 Å². The third-order valence-electron chi connectivity index (χ3n) is 3.63. The van der Waals surface area contributed by atoms with E-state index in [1.54, 1.807) is 6.07 Å². The summed E-state index contributed by atoms with van der Waals surface area (Å²) in [6.45, 7) is 0. The van der Waals surface area contributed by atoms with E-state index in [0.29, 0.717) is 0 Å². The Morgan fingerprint density at radius 2 is 1.70 bits per heavy atom. The van der Waals surface area contributed by atoms with Crippen LogP contribution in [0.25, 0.3) is 0 Å².